The third-order valence-corrected chi connectivity index (χ3v) is 2.61. The van der Waals surface area contributed by atoms with Crippen LogP contribution in [0.3, 0.4) is 0 Å². The van der Waals surface area contributed by atoms with Gasteiger partial charge in [-0.2, -0.15) is 0 Å². The first-order valence-corrected chi connectivity index (χ1v) is 5.10. The van der Waals surface area contributed by atoms with E-state index in [-0.39, 0.29) is 11.9 Å². The van der Waals surface area contributed by atoms with Crippen LogP contribution in [0.5, 0.6) is 0 Å². The number of pyridine rings is 1. The molecule has 0 saturated carbocycles. The van der Waals surface area contributed by atoms with Crippen LogP contribution < -0.4 is 5.73 Å². The van der Waals surface area contributed by atoms with Crippen LogP contribution in [0.15, 0.2) is 42.7 Å². The van der Waals surface area contributed by atoms with Gasteiger partial charge in [-0.15, -0.1) is 0 Å². The molecule has 0 aliphatic heterocycles. The van der Waals surface area contributed by atoms with Gasteiger partial charge in [-0.1, -0.05) is 24.3 Å². The summed E-state index contributed by atoms with van der Waals surface area (Å²) in [5, 5.41) is 0. The fourth-order valence-corrected chi connectivity index (χ4v) is 1.71. The summed E-state index contributed by atoms with van der Waals surface area (Å²) in [4.78, 5) is 3.81. The fraction of sp³-hybridized carbons (Fsp3) is 0.154. The maximum atomic E-state index is 13.0. The molecular weight excluding hydrogens is 203 g/mol. The Morgan fingerprint density at radius 2 is 2.00 bits per heavy atom. The minimum absolute atomic E-state index is 0.329. The molecule has 0 bridgehead atoms. The van der Waals surface area contributed by atoms with Gasteiger partial charge in [0.25, 0.3) is 0 Å². The van der Waals surface area contributed by atoms with Crippen LogP contribution in [0, 0.1) is 12.7 Å². The fourth-order valence-electron chi connectivity index (χ4n) is 1.71. The molecule has 1 aromatic heterocycles. The zero-order valence-electron chi connectivity index (χ0n) is 9.02. The van der Waals surface area contributed by atoms with Gasteiger partial charge < -0.3 is 5.73 Å². The first kappa shape index (κ1) is 10.8. The molecule has 1 atom stereocenters. The van der Waals surface area contributed by atoms with Crippen LogP contribution in [-0.4, -0.2) is 4.98 Å². The molecule has 1 unspecified atom stereocenters. The topological polar surface area (TPSA) is 38.9 Å². The number of hydrogen-bond donors (Lipinski definition) is 1. The molecule has 2 N–H and O–H groups in total. The van der Waals surface area contributed by atoms with Crippen LogP contribution in [-0.2, 0) is 0 Å². The monoisotopic (exact) mass is 216 g/mol. The van der Waals surface area contributed by atoms with Crippen molar-refractivity contribution < 1.29 is 4.39 Å². The molecule has 0 aliphatic carbocycles. The molecule has 2 nitrogen and oxygen atoms in total. The molecule has 2 aromatic rings. The Morgan fingerprint density at radius 3 is 2.69 bits per heavy atom. The number of nitrogens with two attached hydrogens (primary N) is 1. The molecule has 0 amide bonds. The lowest BCUT2D eigenvalue weighted by molar-refractivity contribution is 0.616. The zero-order valence-corrected chi connectivity index (χ0v) is 9.02. The van der Waals surface area contributed by atoms with Crippen molar-refractivity contribution in [1.82, 2.24) is 4.98 Å². The molecule has 1 aromatic carbocycles. The van der Waals surface area contributed by atoms with Gasteiger partial charge in [-0.05, 0) is 29.7 Å². The average molecular weight is 216 g/mol. The van der Waals surface area contributed by atoms with Crippen molar-refractivity contribution >= 4 is 0 Å². The summed E-state index contributed by atoms with van der Waals surface area (Å²) in [6, 6.07) is 8.91. The summed E-state index contributed by atoms with van der Waals surface area (Å²) in [5.41, 5.74) is 8.86. The number of hydrogen-bond acceptors (Lipinski definition) is 2. The van der Waals surface area contributed by atoms with Crippen molar-refractivity contribution in [3.05, 3.63) is 65.2 Å². The lowest BCUT2D eigenvalue weighted by Gasteiger charge is -2.14. The Balaban J connectivity index is 2.39. The number of aromatic nitrogens is 1. The van der Waals surface area contributed by atoms with Crippen molar-refractivity contribution in [1.29, 1.82) is 0 Å². The van der Waals surface area contributed by atoms with Gasteiger partial charge in [0.05, 0.1) is 12.2 Å². The first-order chi connectivity index (χ1) is 7.68. The lowest BCUT2D eigenvalue weighted by Crippen LogP contribution is -2.13. The van der Waals surface area contributed by atoms with E-state index < -0.39 is 0 Å². The summed E-state index contributed by atoms with van der Waals surface area (Å²) in [6.45, 7) is 1.99. The summed E-state index contributed by atoms with van der Waals surface area (Å²) in [5.74, 6) is -0.360. The Bertz CT molecular complexity index is 497. The van der Waals surface area contributed by atoms with Crippen LogP contribution in [0.4, 0.5) is 4.39 Å². The molecule has 3 heteroatoms. The molecule has 1 heterocycles. The standard InChI is InChI=1S/C13H13FN2/c1-9-4-2-3-5-12(9)13(15)10-6-11(14)8-16-7-10/h2-8,13H,15H2,1H3. The van der Waals surface area contributed by atoms with Crippen LogP contribution >= 0.6 is 0 Å². The van der Waals surface area contributed by atoms with Crippen LogP contribution in [0.2, 0.25) is 0 Å². The molecule has 0 saturated heterocycles. The van der Waals surface area contributed by atoms with E-state index in [1.807, 2.05) is 31.2 Å². The van der Waals surface area contributed by atoms with Gasteiger partial charge in [0.2, 0.25) is 0 Å². The minimum atomic E-state index is -0.360. The quantitative estimate of drug-likeness (QED) is 0.838. The van der Waals surface area contributed by atoms with Crippen molar-refractivity contribution in [3.63, 3.8) is 0 Å². The summed E-state index contributed by atoms with van der Waals surface area (Å²) >= 11 is 0. The van der Waals surface area contributed by atoms with Crippen molar-refractivity contribution in [2.45, 2.75) is 13.0 Å². The third-order valence-electron chi connectivity index (χ3n) is 2.61. The number of nitrogens with zero attached hydrogens (tertiary/aromatic N) is 1. The highest BCUT2D eigenvalue weighted by Crippen LogP contribution is 2.22. The summed E-state index contributed by atoms with van der Waals surface area (Å²) < 4.78 is 13.0. The number of rotatable bonds is 2. The second-order valence-corrected chi connectivity index (χ2v) is 3.77. The number of aryl methyl sites for hydroxylation is 1. The van der Waals surface area contributed by atoms with Gasteiger partial charge in [0, 0.05) is 6.20 Å². The average Bonchev–Trinajstić information content (AvgIpc) is 2.29. The van der Waals surface area contributed by atoms with Gasteiger partial charge in [-0.25, -0.2) is 4.39 Å². The Kier molecular flexibility index (Phi) is 2.97. The van der Waals surface area contributed by atoms with E-state index in [4.69, 9.17) is 5.73 Å². The van der Waals surface area contributed by atoms with E-state index in [0.717, 1.165) is 11.1 Å². The lowest BCUT2D eigenvalue weighted by atomic mass is 9.97. The smallest absolute Gasteiger partial charge is 0.141 e. The maximum Gasteiger partial charge on any atom is 0.141 e. The Hall–Kier alpha value is -1.74. The van der Waals surface area contributed by atoms with Crippen LogP contribution in [0.25, 0.3) is 0 Å². The van der Waals surface area contributed by atoms with Gasteiger partial charge in [-0.3, -0.25) is 4.98 Å². The third kappa shape index (κ3) is 2.09. The zero-order chi connectivity index (χ0) is 11.5. The number of halogens is 1. The molecule has 0 aliphatic rings. The highest BCUT2D eigenvalue weighted by molar-refractivity contribution is 5.35. The molecule has 16 heavy (non-hydrogen) atoms. The first-order valence-electron chi connectivity index (χ1n) is 5.10. The Morgan fingerprint density at radius 1 is 1.25 bits per heavy atom. The largest absolute Gasteiger partial charge is 0.320 e. The van der Waals surface area contributed by atoms with E-state index >= 15 is 0 Å². The second kappa shape index (κ2) is 4.41. The maximum absolute atomic E-state index is 13.0. The molecular formula is C13H13FN2. The molecule has 0 fully saturated rings. The van der Waals surface area contributed by atoms with Gasteiger partial charge >= 0.3 is 0 Å². The number of benzene rings is 1. The van der Waals surface area contributed by atoms with Crippen molar-refractivity contribution in [3.8, 4) is 0 Å². The highest BCUT2D eigenvalue weighted by Gasteiger charge is 2.11. The second-order valence-electron chi connectivity index (χ2n) is 3.77. The predicted octanol–water partition coefficient (Wildman–Crippen LogP) is 2.58. The summed E-state index contributed by atoms with van der Waals surface area (Å²) in [6.07, 6.45) is 2.77. The van der Waals surface area contributed by atoms with Gasteiger partial charge in [0.15, 0.2) is 0 Å². The van der Waals surface area contributed by atoms with Crippen LogP contribution in [0.1, 0.15) is 22.7 Å². The van der Waals surface area contributed by atoms with E-state index in [1.165, 1.54) is 12.3 Å². The predicted molar refractivity (Wildman–Crippen MR) is 61.4 cm³/mol. The molecule has 0 radical (unpaired) electrons. The summed E-state index contributed by atoms with van der Waals surface area (Å²) in [7, 11) is 0. The Labute approximate surface area is 93.9 Å². The molecule has 2 rings (SSSR count). The van der Waals surface area contributed by atoms with E-state index in [9.17, 15) is 4.39 Å². The van der Waals surface area contributed by atoms with E-state index in [0.29, 0.717) is 5.56 Å². The van der Waals surface area contributed by atoms with Gasteiger partial charge in [0.1, 0.15) is 5.82 Å². The normalized spacial score (nSPS) is 12.4. The highest BCUT2D eigenvalue weighted by atomic mass is 19.1. The molecule has 0 spiro atoms. The molecule has 82 valence electrons. The van der Waals surface area contributed by atoms with E-state index in [1.54, 1.807) is 6.20 Å². The van der Waals surface area contributed by atoms with E-state index in [2.05, 4.69) is 4.98 Å². The minimum Gasteiger partial charge on any atom is -0.320 e. The van der Waals surface area contributed by atoms with Crippen molar-refractivity contribution in [2.24, 2.45) is 5.73 Å². The SMILES string of the molecule is Cc1ccccc1C(N)c1cncc(F)c1. The van der Waals surface area contributed by atoms with Crippen molar-refractivity contribution in [2.75, 3.05) is 0 Å².